The van der Waals surface area contributed by atoms with Gasteiger partial charge in [-0.3, -0.25) is 9.59 Å². The molecule has 0 aliphatic heterocycles. The maximum atomic E-state index is 12.6. The van der Waals surface area contributed by atoms with Gasteiger partial charge < -0.3 is 9.84 Å². The fourth-order valence-corrected chi connectivity index (χ4v) is 2.74. The Morgan fingerprint density at radius 1 is 0.793 bits per heavy atom. The standard InChI is InChI=1S/C25H22O4/c26-17-4-18-29-23-14-12-22(13-15-23)25(28)21-10-8-20(9-11-21)24(27)16-7-19-5-2-1-3-6-19/h1-3,5-16,26H,4,17-18H2/b16-7+. The number of allylic oxidation sites excluding steroid dienone is 1. The summed E-state index contributed by atoms with van der Waals surface area (Å²) in [5.74, 6) is 0.420. The normalized spacial score (nSPS) is 10.8. The number of carbonyl (C=O) groups is 2. The number of ether oxygens (including phenoxy) is 1. The largest absolute Gasteiger partial charge is 0.494 e. The number of carbonyl (C=O) groups excluding carboxylic acids is 2. The summed E-state index contributed by atoms with van der Waals surface area (Å²) in [4.78, 5) is 25.0. The van der Waals surface area contributed by atoms with Crippen molar-refractivity contribution in [1.29, 1.82) is 0 Å². The van der Waals surface area contributed by atoms with E-state index in [4.69, 9.17) is 9.84 Å². The summed E-state index contributed by atoms with van der Waals surface area (Å²) in [5, 5.41) is 8.77. The van der Waals surface area contributed by atoms with Gasteiger partial charge in [-0.05, 0) is 35.9 Å². The van der Waals surface area contributed by atoms with E-state index >= 15 is 0 Å². The highest BCUT2D eigenvalue weighted by Gasteiger charge is 2.10. The Morgan fingerprint density at radius 3 is 2.00 bits per heavy atom. The van der Waals surface area contributed by atoms with Crippen molar-refractivity contribution >= 4 is 17.6 Å². The lowest BCUT2D eigenvalue weighted by Crippen LogP contribution is -2.03. The third kappa shape index (κ3) is 5.74. The van der Waals surface area contributed by atoms with Crippen molar-refractivity contribution in [3.63, 3.8) is 0 Å². The van der Waals surface area contributed by atoms with E-state index in [1.807, 2.05) is 30.3 Å². The van der Waals surface area contributed by atoms with Crippen LogP contribution in [0.15, 0.2) is 84.9 Å². The van der Waals surface area contributed by atoms with Crippen LogP contribution in [0, 0.1) is 0 Å². The highest BCUT2D eigenvalue weighted by molar-refractivity contribution is 6.10. The number of rotatable bonds is 9. The summed E-state index contributed by atoms with van der Waals surface area (Å²) >= 11 is 0. The first-order valence-electron chi connectivity index (χ1n) is 9.43. The van der Waals surface area contributed by atoms with Crippen LogP contribution in [0.3, 0.4) is 0 Å². The zero-order valence-corrected chi connectivity index (χ0v) is 16.0. The maximum Gasteiger partial charge on any atom is 0.193 e. The topological polar surface area (TPSA) is 63.6 Å². The minimum absolute atomic E-state index is 0.0805. The lowest BCUT2D eigenvalue weighted by atomic mass is 10.0. The first-order chi connectivity index (χ1) is 14.2. The van der Waals surface area contributed by atoms with Crippen LogP contribution < -0.4 is 4.74 Å². The van der Waals surface area contributed by atoms with Crippen molar-refractivity contribution in [2.45, 2.75) is 6.42 Å². The Morgan fingerprint density at radius 2 is 1.38 bits per heavy atom. The molecule has 0 aliphatic rings. The van der Waals surface area contributed by atoms with Crippen LogP contribution in [0.25, 0.3) is 6.08 Å². The fraction of sp³-hybridized carbons (Fsp3) is 0.120. The Balaban J connectivity index is 1.64. The van der Waals surface area contributed by atoms with Gasteiger partial charge in [-0.2, -0.15) is 0 Å². The van der Waals surface area contributed by atoms with Crippen molar-refractivity contribution < 1.29 is 19.4 Å². The molecule has 29 heavy (non-hydrogen) atoms. The molecule has 3 aromatic carbocycles. The van der Waals surface area contributed by atoms with Gasteiger partial charge in [-0.15, -0.1) is 0 Å². The number of ketones is 2. The van der Waals surface area contributed by atoms with Gasteiger partial charge >= 0.3 is 0 Å². The van der Waals surface area contributed by atoms with Crippen LogP contribution in [-0.2, 0) is 0 Å². The summed E-state index contributed by atoms with van der Waals surface area (Å²) in [6.07, 6.45) is 3.86. The highest BCUT2D eigenvalue weighted by atomic mass is 16.5. The van der Waals surface area contributed by atoms with Gasteiger partial charge in [0, 0.05) is 29.7 Å². The number of hydrogen-bond donors (Lipinski definition) is 1. The first kappa shape index (κ1) is 20.2. The van der Waals surface area contributed by atoms with Crippen LogP contribution in [0.1, 0.15) is 38.3 Å². The van der Waals surface area contributed by atoms with Gasteiger partial charge in [0.2, 0.25) is 0 Å². The third-order valence-electron chi connectivity index (χ3n) is 4.35. The smallest absolute Gasteiger partial charge is 0.193 e. The maximum absolute atomic E-state index is 12.6. The number of hydrogen-bond acceptors (Lipinski definition) is 4. The molecule has 0 amide bonds. The van der Waals surface area contributed by atoms with E-state index in [1.54, 1.807) is 54.6 Å². The minimum Gasteiger partial charge on any atom is -0.494 e. The van der Waals surface area contributed by atoms with Crippen molar-refractivity contribution in [2.75, 3.05) is 13.2 Å². The van der Waals surface area contributed by atoms with Crippen LogP contribution in [0.2, 0.25) is 0 Å². The van der Waals surface area contributed by atoms with Crippen LogP contribution in [-0.4, -0.2) is 29.9 Å². The average molecular weight is 386 g/mol. The number of aliphatic hydroxyl groups excluding tert-OH is 1. The Hall–Kier alpha value is -3.50. The Bertz CT molecular complexity index is 972. The van der Waals surface area contributed by atoms with Gasteiger partial charge in [0.05, 0.1) is 6.61 Å². The second-order valence-corrected chi connectivity index (χ2v) is 6.46. The minimum atomic E-state index is -0.120. The molecule has 0 spiro atoms. The van der Waals surface area contributed by atoms with E-state index in [0.29, 0.717) is 35.5 Å². The molecule has 0 bridgehead atoms. The molecular weight excluding hydrogens is 364 g/mol. The number of benzene rings is 3. The lowest BCUT2D eigenvalue weighted by Gasteiger charge is -2.06. The van der Waals surface area contributed by atoms with Crippen molar-refractivity contribution in [3.05, 3.63) is 107 Å². The molecule has 0 unspecified atom stereocenters. The summed E-state index contributed by atoms with van der Waals surface area (Å²) < 4.78 is 5.47. The fourth-order valence-electron chi connectivity index (χ4n) is 2.74. The van der Waals surface area contributed by atoms with Gasteiger partial charge in [-0.25, -0.2) is 0 Å². The quantitative estimate of drug-likeness (QED) is 0.332. The molecule has 0 heterocycles. The Labute approximate surface area is 170 Å². The van der Waals surface area contributed by atoms with Gasteiger partial charge in [0.25, 0.3) is 0 Å². The molecule has 146 valence electrons. The zero-order chi connectivity index (χ0) is 20.5. The van der Waals surface area contributed by atoms with Crippen LogP contribution in [0.4, 0.5) is 0 Å². The molecular formula is C25H22O4. The molecule has 1 N–H and O–H groups in total. The monoisotopic (exact) mass is 386 g/mol. The molecule has 0 aliphatic carbocycles. The van der Waals surface area contributed by atoms with Gasteiger partial charge in [-0.1, -0.05) is 60.7 Å². The second kappa shape index (κ2) is 10.2. The summed E-state index contributed by atoms with van der Waals surface area (Å²) in [6, 6.07) is 23.1. The van der Waals surface area contributed by atoms with Crippen molar-refractivity contribution in [2.24, 2.45) is 0 Å². The second-order valence-electron chi connectivity index (χ2n) is 6.46. The van der Waals surface area contributed by atoms with Crippen molar-refractivity contribution in [1.82, 2.24) is 0 Å². The molecule has 0 aromatic heterocycles. The SMILES string of the molecule is O=C(/C=C/c1ccccc1)c1ccc(C(=O)c2ccc(OCCCO)cc2)cc1. The molecule has 0 saturated carbocycles. The van der Waals surface area contributed by atoms with Crippen molar-refractivity contribution in [3.8, 4) is 5.75 Å². The number of aliphatic hydroxyl groups is 1. The molecule has 4 nitrogen and oxygen atoms in total. The zero-order valence-electron chi connectivity index (χ0n) is 16.0. The predicted molar refractivity (Wildman–Crippen MR) is 113 cm³/mol. The average Bonchev–Trinajstić information content (AvgIpc) is 2.78. The molecule has 0 atom stereocenters. The summed E-state index contributed by atoms with van der Waals surface area (Å²) in [6.45, 7) is 0.509. The Kier molecular flexibility index (Phi) is 7.09. The van der Waals surface area contributed by atoms with Crippen LogP contribution >= 0.6 is 0 Å². The molecule has 0 radical (unpaired) electrons. The van der Waals surface area contributed by atoms with E-state index in [0.717, 1.165) is 5.56 Å². The van der Waals surface area contributed by atoms with E-state index in [2.05, 4.69) is 0 Å². The molecule has 3 rings (SSSR count). The summed E-state index contributed by atoms with van der Waals surface area (Å²) in [5.41, 5.74) is 2.54. The van der Waals surface area contributed by atoms with E-state index in [9.17, 15) is 9.59 Å². The van der Waals surface area contributed by atoms with Crippen LogP contribution in [0.5, 0.6) is 5.75 Å². The highest BCUT2D eigenvalue weighted by Crippen LogP contribution is 2.17. The van der Waals surface area contributed by atoms with E-state index < -0.39 is 0 Å². The molecule has 4 heteroatoms. The van der Waals surface area contributed by atoms with Gasteiger partial charge in [0.1, 0.15) is 5.75 Å². The summed E-state index contributed by atoms with van der Waals surface area (Å²) in [7, 11) is 0. The first-order valence-corrected chi connectivity index (χ1v) is 9.43. The third-order valence-corrected chi connectivity index (χ3v) is 4.35. The predicted octanol–water partition coefficient (Wildman–Crippen LogP) is 4.57. The van der Waals surface area contributed by atoms with E-state index in [-0.39, 0.29) is 18.2 Å². The lowest BCUT2D eigenvalue weighted by molar-refractivity contribution is 0.103. The van der Waals surface area contributed by atoms with Gasteiger partial charge in [0.15, 0.2) is 11.6 Å². The van der Waals surface area contributed by atoms with E-state index in [1.165, 1.54) is 6.08 Å². The molecule has 3 aromatic rings. The molecule has 0 fully saturated rings. The molecule has 0 saturated heterocycles.